The molecule has 3 N–H and O–H groups in total. The number of nitrogens with one attached hydrogen (secondary N) is 3. The number of para-hydroxylation sites is 1. The van der Waals surface area contributed by atoms with Gasteiger partial charge in [-0.2, -0.15) is 0 Å². The van der Waals surface area contributed by atoms with Crippen molar-refractivity contribution in [3.8, 4) is 16.9 Å². The average molecular weight is 509 g/mol. The Balaban J connectivity index is 1.44. The van der Waals surface area contributed by atoms with Crippen molar-refractivity contribution in [3.05, 3.63) is 72.8 Å². The van der Waals surface area contributed by atoms with Crippen LogP contribution in [0.15, 0.2) is 72.8 Å². The summed E-state index contributed by atoms with van der Waals surface area (Å²) >= 11 is 0. The fraction of sp³-hybridized carbons (Fsp3) is 0.231. The van der Waals surface area contributed by atoms with Crippen LogP contribution in [0.2, 0.25) is 0 Å². The Hall–Kier alpha value is -4.05. The maximum Gasteiger partial charge on any atom is 0.319 e. The normalized spacial score (nSPS) is 15.8. The van der Waals surface area contributed by atoms with Crippen molar-refractivity contribution in [1.82, 2.24) is 5.32 Å². The third kappa shape index (κ3) is 6.14. The molecule has 1 aliphatic heterocycles. The molecule has 0 radical (unpaired) electrons. The third-order valence-corrected chi connectivity index (χ3v) is 6.39. The molecule has 0 aliphatic carbocycles. The predicted molar refractivity (Wildman–Crippen MR) is 141 cm³/mol. The monoisotopic (exact) mass is 508 g/mol. The van der Waals surface area contributed by atoms with E-state index in [1.54, 1.807) is 48.4 Å². The number of rotatable bonds is 7. The number of ether oxygens (including phenoxy) is 1. The molecule has 0 spiro atoms. The number of benzene rings is 3. The third-order valence-electron chi connectivity index (χ3n) is 5.80. The first-order chi connectivity index (χ1) is 17.2. The molecule has 1 fully saturated rings. The van der Waals surface area contributed by atoms with Gasteiger partial charge in [0.2, 0.25) is 15.9 Å². The van der Waals surface area contributed by atoms with Gasteiger partial charge in [-0.25, -0.2) is 13.2 Å². The van der Waals surface area contributed by atoms with E-state index in [0.717, 1.165) is 23.8 Å². The topological polar surface area (TPSA) is 117 Å². The summed E-state index contributed by atoms with van der Waals surface area (Å²) in [6.45, 7) is 0.544. The zero-order valence-electron chi connectivity index (χ0n) is 20.0. The molecular formula is C26H28N4O5S. The van der Waals surface area contributed by atoms with Gasteiger partial charge in [0, 0.05) is 23.5 Å². The number of anilines is 3. The molecule has 1 saturated heterocycles. The molecule has 36 heavy (non-hydrogen) atoms. The lowest BCUT2D eigenvalue weighted by atomic mass is 10.0. The van der Waals surface area contributed by atoms with Crippen LogP contribution in [0.1, 0.15) is 12.8 Å². The first kappa shape index (κ1) is 25.1. The lowest BCUT2D eigenvalue weighted by Gasteiger charge is -2.32. The van der Waals surface area contributed by atoms with Gasteiger partial charge < -0.3 is 20.3 Å². The van der Waals surface area contributed by atoms with E-state index in [4.69, 9.17) is 4.74 Å². The zero-order valence-corrected chi connectivity index (χ0v) is 20.8. The lowest BCUT2D eigenvalue weighted by molar-refractivity contribution is -0.121. The first-order valence-electron chi connectivity index (χ1n) is 11.4. The van der Waals surface area contributed by atoms with E-state index in [0.29, 0.717) is 35.8 Å². The van der Waals surface area contributed by atoms with E-state index in [1.807, 2.05) is 36.4 Å². The Kier molecular flexibility index (Phi) is 7.44. The minimum absolute atomic E-state index is 0.182. The fourth-order valence-electron chi connectivity index (χ4n) is 4.11. The van der Waals surface area contributed by atoms with Gasteiger partial charge in [0.05, 0.1) is 19.1 Å². The summed E-state index contributed by atoms with van der Waals surface area (Å²) in [7, 11) is -1.86. The smallest absolute Gasteiger partial charge is 0.319 e. The number of nitrogens with zero attached hydrogens (tertiary/aromatic N) is 1. The Morgan fingerprint density at radius 2 is 1.69 bits per heavy atom. The summed E-state index contributed by atoms with van der Waals surface area (Å²) in [6.07, 6.45) is 2.40. The first-order valence-corrected chi connectivity index (χ1v) is 13.3. The summed E-state index contributed by atoms with van der Waals surface area (Å²) < 4.78 is 31.1. The summed E-state index contributed by atoms with van der Waals surface area (Å²) in [5.41, 5.74) is 3.32. The second kappa shape index (κ2) is 10.7. The number of hydrogen-bond acceptors (Lipinski definition) is 5. The number of carbonyl (C=O) groups excluding carboxylic acids is 2. The van der Waals surface area contributed by atoms with Crippen LogP contribution in [-0.2, 0) is 14.8 Å². The van der Waals surface area contributed by atoms with E-state index >= 15 is 0 Å². The highest BCUT2D eigenvalue weighted by Gasteiger charge is 2.31. The molecular weight excluding hydrogens is 480 g/mol. The van der Waals surface area contributed by atoms with Crippen molar-refractivity contribution in [3.63, 3.8) is 0 Å². The summed E-state index contributed by atoms with van der Waals surface area (Å²) in [5.74, 6) is 0.498. The zero-order chi connectivity index (χ0) is 25.7. The predicted octanol–water partition coefficient (Wildman–Crippen LogP) is 4.05. The van der Waals surface area contributed by atoms with E-state index in [1.165, 1.54) is 0 Å². The van der Waals surface area contributed by atoms with E-state index in [9.17, 15) is 18.0 Å². The second-order valence-electron chi connectivity index (χ2n) is 8.48. The van der Waals surface area contributed by atoms with Crippen LogP contribution in [0.5, 0.6) is 5.75 Å². The number of sulfonamides is 1. The summed E-state index contributed by atoms with van der Waals surface area (Å²) in [4.78, 5) is 27.3. The largest absolute Gasteiger partial charge is 0.497 e. The molecule has 9 nitrogen and oxygen atoms in total. The highest BCUT2D eigenvalue weighted by atomic mass is 32.2. The maximum atomic E-state index is 13.2. The number of urea groups is 1. The Labute approximate surface area is 210 Å². The molecule has 0 unspecified atom stereocenters. The standard InChI is InChI=1S/C26H28N4O5S/c1-35-21-15-11-19(12-16-21)27-26(32)28-24-8-5-17-30(25(24)31)20-13-9-18(10-14-20)22-6-3-4-7-23(22)29-36(2,33)34/h3-4,6-7,9-16,24,29H,5,8,17H2,1-2H3,(H2,27,28,32)/t24-/m1/s1. The number of methoxy groups -OCH3 is 1. The SMILES string of the molecule is COc1ccc(NC(=O)N[C@@H]2CCCN(c3ccc(-c4ccccc4NS(C)(=O)=O)cc3)C2=O)cc1. The summed E-state index contributed by atoms with van der Waals surface area (Å²) in [6, 6.07) is 20.3. The molecule has 1 aliphatic rings. The molecule has 3 amide bonds. The van der Waals surface area contributed by atoms with Crippen LogP contribution < -0.4 is 25.0 Å². The van der Waals surface area contributed by atoms with Gasteiger partial charge in [-0.15, -0.1) is 0 Å². The van der Waals surface area contributed by atoms with Crippen molar-refractivity contribution >= 4 is 39.0 Å². The van der Waals surface area contributed by atoms with Crippen LogP contribution in [0.4, 0.5) is 21.9 Å². The van der Waals surface area contributed by atoms with E-state index < -0.39 is 22.1 Å². The van der Waals surface area contributed by atoms with Gasteiger partial charge in [-0.3, -0.25) is 9.52 Å². The summed E-state index contributed by atoms with van der Waals surface area (Å²) in [5, 5.41) is 5.51. The van der Waals surface area contributed by atoms with Crippen LogP contribution >= 0.6 is 0 Å². The number of piperidine rings is 1. The maximum absolute atomic E-state index is 13.2. The quantitative estimate of drug-likeness (QED) is 0.445. The van der Waals surface area contributed by atoms with Crippen LogP contribution in [0, 0.1) is 0 Å². The minimum atomic E-state index is -3.43. The van der Waals surface area contributed by atoms with Gasteiger partial charge >= 0.3 is 6.03 Å². The molecule has 10 heteroatoms. The van der Waals surface area contributed by atoms with Gasteiger partial charge in [0.15, 0.2) is 0 Å². The fourth-order valence-corrected chi connectivity index (χ4v) is 4.69. The van der Waals surface area contributed by atoms with Crippen molar-refractivity contribution in [2.75, 3.05) is 34.8 Å². The molecule has 3 aromatic rings. The molecule has 1 heterocycles. The average Bonchev–Trinajstić information content (AvgIpc) is 2.85. The Bertz CT molecular complexity index is 1340. The number of hydrogen-bond donors (Lipinski definition) is 3. The Morgan fingerprint density at radius 1 is 1.00 bits per heavy atom. The van der Waals surface area contributed by atoms with Crippen LogP contribution in [0.25, 0.3) is 11.1 Å². The van der Waals surface area contributed by atoms with Crippen LogP contribution in [-0.4, -0.2) is 46.3 Å². The number of amides is 3. The lowest BCUT2D eigenvalue weighted by Crippen LogP contribution is -2.53. The minimum Gasteiger partial charge on any atom is -0.497 e. The van der Waals surface area contributed by atoms with Gasteiger partial charge in [0.1, 0.15) is 11.8 Å². The molecule has 0 saturated carbocycles. The van der Waals surface area contributed by atoms with Crippen molar-refractivity contribution in [2.24, 2.45) is 0 Å². The highest BCUT2D eigenvalue weighted by Crippen LogP contribution is 2.31. The van der Waals surface area contributed by atoms with E-state index in [-0.39, 0.29) is 5.91 Å². The highest BCUT2D eigenvalue weighted by molar-refractivity contribution is 7.92. The van der Waals surface area contributed by atoms with E-state index in [2.05, 4.69) is 15.4 Å². The van der Waals surface area contributed by atoms with Crippen molar-refractivity contribution < 1.29 is 22.7 Å². The van der Waals surface area contributed by atoms with Gasteiger partial charge in [0.25, 0.3) is 0 Å². The molecule has 0 aromatic heterocycles. The number of carbonyl (C=O) groups is 2. The molecule has 3 aromatic carbocycles. The molecule has 188 valence electrons. The second-order valence-corrected chi connectivity index (χ2v) is 10.2. The Morgan fingerprint density at radius 3 is 2.36 bits per heavy atom. The molecule has 4 rings (SSSR count). The van der Waals surface area contributed by atoms with Gasteiger partial charge in [-0.05, 0) is 60.9 Å². The van der Waals surface area contributed by atoms with Crippen LogP contribution in [0.3, 0.4) is 0 Å². The van der Waals surface area contributed by atoms with Gasteiger partial charge in [-0.1, -0.05) is 30.3 Å². The molecule has 0 bridgehead atoms. The van der Waals surface area contributed by atoms with Crippen molar-refractivity contribution in [1.29, 1.82) is 0 Å². The molecule has 1 atom stereocenters. The van der Waals surface area contributed by atoms with Crippen molar-refractivity contribution in [2.45, 2.75) is 18.9 Å².